The zero-order valence-corrected chi connectivity index (χ0v) is 13.3. The Kier molecular flexibility index (Phi) is 4.99. The van der Waals surface area contributed by atoms with Gasteiger partial charge in [0.05, 0.1) is 11.1 Å². The van der Waals surface area contributed by atoms with Crippen molar-refractivity contribution in [2.45, 2.75) is 43.7 Å². The SMILES string of the molecule is CC1(C)C(O)CC1NC(=O)CCSc1ccccc1Cl. The molecule has 1 aromatic carbocycles. The Balaban J connectivity index is 1.73. The van der Waals surface area contributed by atoms with Crippen LogP contribution in [-0.4, -0.2) is 28.9 Å². The predicted molar refractivity (Wildman–Crippen MR) is 83.1 cm³/mol. The van der Waals surface area contributed by atoms with E-state index in [1.165, 1.54) is 0 Å². The van der Waals surface area contributed by atoms with E-state index in [9.17, 15) is 9.90 Å². The molecular formula is C15H20ClNO2S. The van der Waals surface area contributed by atoms with Crippen LogP contribution in [-0.2, 0) is 4.79 Å². The van der Waals surface area contributed by atoms with Gasteiger partial charge in [-0.25, -0.2) is 0 Å². The molecule has 0 spiro atoms. The summed E-state index contributed by atoms with van der Waals surface area (Å²) in [5.74, 6) is 0.736. The molecule has 0 radical (unpaired) electrons. The summed E-state index contributed by atoms with van der Waals surface area (Å²) in [5.41, 5.74) is -0.217. The van der Waals surface area contributed by atoms with Gasteiger partial charge in [-0.1, -0.05) is 37.6 Å². The highest BCUT2D eigenvalue weighted by molar-refractivity contribution is 7.99. The predicted octanol–water partition coefficient (Wildman–Crippen LogP) is 3.10. The number of nitrogens with one attached hydrogen (secondary N) is 1. The zero-order chi connectivity index (χ0) is 14.8. The van der Waals surface area contributed by atoms with Gasteiger partial charge in [-0.2, -0.15) is 0 Å². The van der Waals surface area contributed by atoms with Gasteiger partial charge < -0.3 is 10.4 Å². The van der Waals surface area contributed by atoms with Gasteiger partial charge in [0.25, 0.3) is 0 Å². The van der Waals surface area contributed by atoms with Gasteiger partial charge in [0.15, 0.2) is 0 Å². The van der Waals surface area contributed by atoms with E-state index in [0.717, 1.165) is 9.92 Å². The monoisotopic (exact) mass is 313 g/mol. The van der Waals surface area contributed by atoms with Gasteiger partial charge in [-0.3, -0.25) is 4.79 Å². The Morgan fingerprint density at radius 1 is 1.50 bits per heavy atom. The summed E-state index contributed by atoms with van der Waals surface area (Å²) in [6, 6.07) is 7.71. The number of carbonyl (C=O) groups is 1. The Morgan fingerprint density at radius 2 is 2.20 bits per heavy atom. The second-order valence-corrected chi connectivity index (χ2v) is 7.27. The molecule has 1 aromatic rings. The number of hydrogen-bond donors (Lipinski definition) is 2. The van der Waals surface area contributed by atoms with Crippen molar-refractivity contribution in [3.05, 3.63) is 29.3 Å². The van der Waals surface area contributed by atoms with Crippen LogP contribution in [0.25, 0.3) is 0 Å². The van der Waals surface area contributed by atoms with Crippen molar-refractivity contribution >= 4 is 29.3 Å². The van der Waals surface area contributed by atoms with Crippen molar-refractivity contribution in [2.24, 2.45) is 5.41 Å². The number of aliphatic hydroxyl groups excluding tert-OH is 1. The zero-order valence-electron chi connectivity index (χ0n) is 11.7. The molecular weight excluding hydrogens is 294 g/mol. The second-order valence-electron chi connectivity index (χ2n) is 5.72. The minimum absolute atomic E-state index is 0.0366. The van der Waals surface area contributed by atoms with Crippen LogP contribution in [0.4, 0.5) is 0 Å². The molecule has 1 fully saturated rings. The van der Waals surface area contributed by atoms with E-state index in [4.69, 9.17) is 11.6 Å². The van der Waals surface area contributed by atoms with Crippen molar-refractivity contribution in [1.29, 1.82) is 0 Å². The third kappa shape index (κ3) is 3.48. The van der Waals surface area contributed by atoms with Crippen molar-refractivity contribution in [1.82, 2.24) is 5.32 Å². The van der Waals surface area contributed by atoms with Crippen LogP contribution in [0.15, 0.2) is 29.2 Å². The van der Waals surface area contributed by atoms with Gasteiger partial charge in [-0.05, 0) is 18.6 Å². The highest BCUT2D eigenvalue weighted by Crippen LogP contribution is 2.40. The van der Waals surface area contributed by atoms with Crippen LogP contribution in [0, 0.1) is 5.41 Å². The molecule has 1 amide bonds. The fourth-order valence-corrected chi connectivity index (χ4v) is 3.42. The fourth-order valence-electron chi connectivity index (χ4n) is 2.23. The topological polar surface area (TPSA) is 49.3 Å². The Morgan fingerprint density at radius 3 is 2.80 bits per heavy atom. The second kappa shape index (κ2) is 6.37. The number of thioether (sulfide) groups is 1. The van der Waals surface area contributed by atoms with Crippen molar-refractivity contribution in [3.8, 4) is 0 Å². The quantitative estimate of drug-likeness (QED) is 0.821. The molecule has 2 unspecified atom stereocenters. The molecule has 0 aliphatic heterocycles. The molecule has 1 saturated carbocycles. The maximum absolute atomic E-state index is 11.9. The molecule has 5 heteroatoms. The van der Waals surface area contributed by atoms with Crippen LogP contribution >= 0.6 is 23.4 Å². The lowest BCUT2D eigenvalue weighted by Gasteiger charge is -2.49. The van der Waals surface area contributed by atoms with Crippen LogP contribution in [0.3, 0.4) is 0 Å². The average Bonchev–Trinajstić information content (AvgIpc) is 2.41. The lowest BCUT2D eigenvalue weighted by atomic mass is 9.64. The van der Waals surface area contributed by atoms with Crippen LogP contribution < -0.4 is 5.32 Å². The van der Waals surface area contributed by atoms with E-state index in [1.54, 1.807) is 11.8 Å². The van der Waals surface area contributed by atoms with Gasteiger partial charge in [0.2, 0.25) is 5.91 Å². The summed E-state index contributed by atoms with van der Waals surface area (Å²) in [5, 5.41) is 13.4. The molecule has 0 saturated heterocycles. The standard InChI is InChI=1S/C15H20ClNO2S/c1-15(2)12(9-13(15)18)17-14(19)7-8-20-11-6-4-3-5-10(11)16/h3-6,12-13,18H,7-9H2,1-2H3,(H,17,19). The lowest BCUT2D eigenvalue weighted by molar-refractivity contribution is -0.128. The third-order valence-corrected chi connectivity index (χ3v) is 5.49. The molecule has 1 aliphatic carbocycles. The molecule has 1 aliphatic rings. The number of hydrogen-bond acceptors (Lipinski definition) is 3. The van der Waals surface area contributed by atoms with Gasteiger partial charge in [0, 0.05) is 28.5 Å². The number of aliphatic hydroxyl groups is 1. The summed E-state index contributed by atoms with van der Waals surface area (Å²) >= 11 is 7.65. The van der Waals surface area contributed by atoms with E-state index >= 15 is 0 Å². The van der Waals surface area contributed by atoms with E-state index < -0.39 is 0 Å². The first-order chi connectivity index (χ1) is 9.41. The summed E-state index contributed by atoms with van der Waals surface area (Å²) < 4.78 is 0. The number of carbonyl (C=O) groups excluding carboxylic acids is 1. The Bertz CT molecular complexity index is 493. The highest BCUT2D eigenvalue weighted by Gasteiger charge is 2.47. The van der Waals surface area contributed by atoms with Crippen LogP contribution in [0.5, 0.6) is 0 Å². The first-order valence-corrected chi connectivity index (χ1v) is 8.12. The molecule has 2 N–H and O–H groups in total. The maximum atomic E-state index is 11.9. The molecule has 2 atom stereocenters. The maximum Gasteiger partial charge on any atom is 0.221 e. The molecule has 0 heterocycles. The fraction of sp³-hybridized carbons (Fsp3) is 0.533. The van der Waals surface area contributed by atoms with Crippen molar-refractivity contribution in [2.75, 3.05) is 5.75 Å². The summed E-state index contributed by atoms with van der Waals surface area (Å²) in [4.78, 5) is 12.9. The smallest absolute Gasteiger partial charge is 0.221 e. The molecule has 2 rings (SSSR count). The van der Waals surface area contributed by atoms with Gasteiger partial charge in [-0.15, -0.1) is 11.8 Å². The molecule has 110 valence electrons. The third-order valence-electron chi connectivity index (χ3n) is 3.97. The molecule has 0 aromatic heterocycles. The average molecular weight is 314 g/mol. The summed E-state index contributed by atoms with van der Waals surface area (Å²) in [7, 11) is 0. The number of amides is 1. The van der Waals surface area contributed by atoms with E-state index in [-0.39, 0.29) is 23.5 Å². The first-order valence-electron chi connectivity index (χ1n) is 6.76. The van der Waals surface area contributed by atoms with Crippen LogP contribution in [0.1, 0.15) is 26.7 Å². The Hall–Kier alpha value is -0.710. The molecule has 3 nitrogen and oxygen atoms in total. The minimum Gasteiger partial charge on any atom is -0.392 e. The van der Waals surface area contributed by atoms with E-state index in [0.29, 0.717) is 18.6 Å². The summed E-state index contributed by atoms with van der Waals surface area (Å²) in [6.07, 6.45) is 0.792. The van der Waals surface area contributed by atoms with Gasteiger partial charge >= 0.3 is 0 Å². The normalized spacial score (nSPS) is 24.0. The Labute approximate surface area is 129 Å². The first kappa shape index (κ1) is 15.7. The van der Waals surface area contributed by atoms with Crippen LogP contribution in [0.2, 0.25) is 5.02 Å². The minimum atomic E-state index is -0.315. The molecule has 20 heavy (non-hydrogen) atoms. The number of benzene rings is 1. The highest BCUT2D eigenvalue weighted by atomic mass is 35.5. The number of halogens is 1. The van der Waals surface area contributed by atoms with Crippen molar-refractivity contribution < 1.29 is 9.90 Å². The lowest BCUT2D eigenvalue weighted by Crippen LogP contribution is -2.61. The largest absolute Gasteiger partial charge is 0.392 e. The number of rotatable bonds is 5. The van der Waals surface area contributed by atoms with Crippen molar-refractivity contribution in [3.63, 3.8) is 0 Å². The van der Waals surface area contributed by atoms with Gasteiger partial charge in [0.1, 0.15) is 0 Å². The molecule has 0 bridgehead atoms. The van der Waals surface area contributed by atoms with E-state index in [2.05, 4.69) is 5.32 Å². The van der Waals surface area contributed by atoms with E-state index in [1.807, 2.05) is 38.1 Å². The summed E-state index contributed by atoms with van der Waals surface area (Å²) in [6.45, 7) is 3.95.